The first kappa shape index (κ1) is 19.5. The zero-order valence-electron chi connectivity index (χ0n) is 15.2. The first-order chi connectivity index (χ1) is 11.8. The number of rotatable bonds is 6. The van der Waals surface area contributed by atoms with Crippen molar-refractivity contribution in [2.45, 2.75) is 33.8 Å². The van der Waals surface area contributed by atoms with Gasteiger partial charge in [-0.25, -0.2) is 9.98 Å². The Morgan fingerprint density at radius 2 is 1.84 bits per heavy atom. The lowest BCUT2D eigenvalue weighted by molar-refractivity contribution is 0.215. The summed E-state index contributed by atoms with van der Waals surface area (Å²) in [5.74, 6) is 0.587. The minimum atomic E-state index is -0.220. The van der Waals surface area contributed by atoms with Crippen LogP contribution in [0.2, 0.25) is 10.0 Å². The average Bonchev–Trinajstić information content (AvgIpc) is 2.55. The SMILES string of the molecule is CCN(C)C=Nc1cc(C)c(OC(C)c2cc(Cl)cc(Cl)c2)nc1C. The van der Waals surface area contributed by atoms with Gasteiger partial charge in [0.05, 0.1) is 17.7 Å². The first-order valence-electron chi connectivity index (χ1n) is 8.15. The van der Waals surface area contributed by atoms with E-state index < -0.39 is 0 Å². The Hall–Kier alpha value is -1.78. The Morgan fingerprint density at radius 3 is 2.44 bits per heavy atom. The van der Waals surface area contributed by atoms with E-state index in [-0.39, 0.29) is 6.10 Å². The molecular weight excluding hydrogens is 357 g/mol. The van der Waals surface area contributed by atoms with E-state index in [4.69, 9.17) is 27.9 Å². The molecule has 0 saturated carbocycles. The number of pyridine rings is 1. The van der Waals surface area contributed by atoms with Crippen LogP contribution in [0.25, 0.3) is 0 Å². The van der Waals surface area contributed by atoms with Crippen molar-refractivity contribution in [3.63, 3.8) is 0 Å². The molecule has 1 heterocycles. The van der Waals surface area contributed by atoms with Gasteiger partial charge in [-0.2, -0.15) is 0 Å². The summed E-state index contributed by atoms with van der Waals surface area (Å²) in [6.07, 6.45) is 1.59. The minimum absolute atomic E-state index is 0.220. The lowest BCUT2D eigenvalue weighted by Gasteiger charge is -2.17. The van der Waals surface area contributed by atoms with Crippen LogP contribution in [0.5, 0.6) is 5.88 Å². The maximum absolute atomic E-state index is 6.07. The number of hydrogen-bond acceptors (Lipinski definition) is 3. The van der Waals surface area contributed by atoms with Gasteiger partial charge < -0.3 is 9.64 Å². The van der Waals surface area contributed by atoms with Crippen LogP contribution in [0.3, 0.4) is 0 Å². The highest BCUT2D eigenvalue weighted by atomic mass is 35.5. The Labute approximate surface area is 159 Å². The van der Waals surface area contributed by atoms with Gasteiger partial charge in [-0.15, -0.1) is 0 Å². The fourth-order valence-electron chi connectivity index (χ4n) is 2.21. The van der Waals surface area contributed by atoms with E-state index in [0.717, 1.165) is 29.1 Å². The van der Waals surface area contributed by atoms with E-state index in [1.807, 2.05) is 50.9 Å². The van der Waals surface area contributed by atoms with Gasteiger partial charge in [0.15, 0.2) is 0 Å². The van der Waals surface area contributed by atoms with E-state index in [2.05, 4.69) is 16.9 Å². The van der Waals surface area contributed by atoms with E-state index in [0.29, 0.717) is 15.9 Å². The fraction of sp³-hybridized carbons (Fsp3) is 0.368. The molecule has 134 valence electrons. The van der Waals surface area contributed by atoms with Gasteiger partial charge in [-0.3, -0.25) is 0 Å². The maximum atomic E-state index is 6.07. The lowest BCUT2D eigenvalue weighted by atomic mass is 10.1. The molecule has 25 heavy (non-hydrogen) atoms. The first-order valence-corrected chi connectivity index (χ1v) is 8.91. The Kier molecular flexibility index (Phi) is 6.68. The highest BCUT2D eigenvalue weighted by Crippen LogP contribution is 2.30. The molecule has 0 spiro atoms. The summed E-state index contributed by atoms with van der Waals surface area (Å²) in [6.45, 7) is 8.80. The van der Waals surface area contributed by atoms with Crippen molar-refractivity contribution in [3.8, 4) is 5.88 Å². The molecule has 0 aliphatic rings. The molecule has 1 atom stereocenters. The van der Waals surface area contributed by atoms with Crippen molar-refractivity contribution in [1.29, 1.82) is 0 Å². The molecule has 2 aromatic rings. The van der Waals surface area contributed by atoms with Crippen molar-refractivity contribution in [2.24, 2.45) is 4.99 Å². The number of ether oxygens (including phenoxy) is 1. The third kappa shape index (κ3) is 5.35. The van der Waals surface area contributed by atoms with E-state index in [9.17, 15) is 0 Å². The molecule has 0 aliphatic heterocycles. The predicted octanol–water partition coefficient (Wildman–Crippen LogP) is 5.76. The zero-order valence-corrected chi connectivity index (χ0v) is 16.7. The molecule has 6 heteroatoms. The van der Waals surface area contributed by atoms with Gasteiger partial charge in [-0.05, 0) is 57.5 Å². The van der Waals surface area contributed by atoms with Crippen LogP contribution in [-0.2, 0) is 0 Å². The van der Waals surface area contributed by atoms with Crippen LogP contribution in [0.1, 0.15) is 36.8 Å². The third-order valence-corrected chi connectivity index (χ3v) is 4.30. The zero-order chi connectivity index (χ0) is 18.6. The monoisotopic (exact) mass is 379 g/mol. The quantitative estimate of drug-likeness (QED) is 0.473. The molecule has 1 aromatic carbocycles. The number of benzene rings is 1. The van der Waals surface area contributed by atoms with Crippen molar-refractivity contribution >= 4 is 35.2 Å². The molecule has 0 bridgehead atoms. The minimum Gasteiger partial charge on any atom is -0.470 e. The highest BCUT2D eigenvalue weighted by Gasteiger charge is 2.13. The lowest BCUT2D eigenvalue weighted by Crippen LogP contribution is -2.14. The van der Waals surface area contributed by atoms with Gasteiger partial charge in [0.2, 0.25) is 5.88 Å². The van der Waals surface area contributed by atoms with Crippen molar-refractivity contribution in [3.05, 3.63) is 51.1 Å². The standard InChI is InChI=1S/C19H23Cl2N3O/c1-6-24(5)11-22-18-7-12(2)19(23-13(18)3)25-14(4)15-8-16(20)10-17(21)9-15/h7-11,14H,6H2,1-5H3. The van der Waals surface area contributed by atoms with E-state index >= 15 is 0 Å². The van der Waals surface area contributed by atoms with Crippen LogP contribution in [0.4, 0.5) is 5.69 Å². The number of aryl methyl sites for hydroxylation is 2. The van der Waals surface area contributed by atoms with Gasteiger partial charge >= 0.3 is 0 Å². The van der Waals surface area contributed by atoms with Gasteiger partial charge in [-0.1, -0.05) is 23.2 Å². The number of nitrogens with zero attached hydrogens (tertiary/aromatic N) is 3. The van der Waals surface area contributed by atoms with Crippen LogP contribution in [0, 0.1) is 13.8 Å². The molecule has 0 fully saturated rings. The summed E-state index contributed by atoms with van der Waals surface area (Å²) in [5, 5.41) is 1.17. The van der Waals surface area contributed by atoms with Crippen molar-refractivity contribution in [1.82, 2.24) is 9.88 Å². The predicted molar refractivity (Wildman–Crippen MR) is 106 cm³/mol. The topological polar surface area (TPSA) is 37.7 Å². The summed E-state index contributed by atoms with van der Waals surface area (Å²) < 4.78 is 6.03. The Balaban J connectivity index is 2.22. The van der Waals surface area contributed by atoms with E-state index in [1.54, 1.807) is 12.4 Å². The van der Waals surface area contributed by atoms with Crippen molar-refractivity contribution < 1.29 is 4.74 Å². The smallest absolute Gasteiger partial charge is 0.217 e. The van der Waals surface area contributed by atoms with E-state index in [1.165, 1.54) is 0 Å². The molecule has 0 aliphatic carbocycles. The number of hydrogen-bond donors (Lipinski definition) is 0. The second kappa shape index (κ2) is 8.54. The average molecular weight is 380 g/mol. The number of aliphatic imine (C=N–C) groups is 1. The molecule has 0 saturated heterocycles. The van der Waals surface area contributed by atoms with Gasteiger partial charge in [0, 0.05) is 29.2 Å². The van der Waals surface area contributed by atoms with Crippen LogP contribution < -0.4 is 4.74 Å². The molecule has 0 amide bonds. The summed E-state index contributed by atoms with van der Waals surface area (Å²) in [7, 11) is 1.98. The molecule has 2 rings (SSSR count). The normalized spacial score (nSPS) is 12.4. The van der Waals surface area contributed by atoms with Crippen molar-refractivity contribution in [2.75, 3.05) is 13.6 Å². The van der Waals surface area contributed by atoms with Crippen LogP contribution in [-0.4, -0.2) is 29.8 Å². The summed E-state index contributed by atoms with van der Waals surface area (Å²) in [4.78, 5) is 11.1. The molecule has 0 N–H and O–H groups in total. The summed E-state index contributed by atoms with van der Waals surface area (Å²) in [5.41, 5.74) is 3.49. The summed E-state index contributed by atoms with van der Waals surface area (Å²) >= 11 is 12.1. The van der Waals surface area contributed by atoms with Crippen LogP contribution >= 0.6 is 23.2 Å². The Bertz CT molecular complexity index is 757. The molecule has 1 unspecified atom stereocenters. The molecule has 0 radical (unpaired) electrons. The fourth-order valence-corrected chi connectivity index (χ4v) is 2.75. The number of halogens is 2. The summed E-state index contributed by atoms with van der Waals surface area (Å²) in [6, 6.07) is 7.38. The second-order valence-corrected chi connectivity index (χ2v) is 6.87. The molecular formula is C19H23Cl2N3O. The highest BCUT2D eigenvalue weighted by molar-refractivity contribution is 6.34. The molecule has 4 nitrogen and oxygen atoms in total. The Morgan fingerprint density at radius 1 is 1.20 bits per heavy atom. The maximum Gasteiger partial charge on any atom is 0.217 e. The van der Waals surface area contributed by atoms with Gasteiger partial charge in [0.25, 0.3) is 0 Å². The largest absolute Gasteiger partial charge is 0.470 e. The number of aromatic nitrogens is 1. The van der Waals surface area contributed by atoms with Gasteiger partial charge in [0.1, 0.15) is 6.10 Å². The second-order valence-electron chi connectivity index (χ2n) is 6.00. The molecule has 1 aromatic heterocycles. The third-order valence-electron chi connectivity index (χ3n) is 3.87. The van der Waals surface area contributed by atoms with Crippen LogP contribution in [0.15, 0.2) is 29.3 Å².